The number of carbonyl (C=O) groups excluding carboxylic acids is 3. The Morgan fingerprint density at radius 1 is 0.723 bits per heavy atom. The Kier molecular flexibility index (Phi) is 10.8. The number of benzene rings is 3. The molecular formula is C36H36N2O9. The van der Waals surface area contributed by atoms with E-state index in [-0.39, 0.29) is 37.4 Å². The van der Waals surface area contributed by atoms with E-state index in [9.17, 15) is 24.0 Å². The minimum atomic E-state index is -1.34. The summed E-state index contributed by atoms with van der Waals surface area (Å²) in [7, 11) is 0. The number of nitrogens with one attached hydrogen (secondary N) is 1. The Bertz CT molecular complexity index is 1790. The molecule has 4 aromatic rings. The number of carbonyl (C=O) groups is 3. The number of esters is 3. The van der Waals surface area contributed by atoms with Crippen LogP contribution in [0.4, 0.5) is 0 Å². The number of aromatic nitrogens is 2. The van der Waals surface area contributed by atoms with Crippen molar-refractivity contribution in [1.29, 1.82) is 0 Å². The molecule has 0 unspecified atom stereocenters. The van der Waals surface area contributed by atoms with Gasteiger partial charge >= 0.3 is 23.6 Å². The maximum Gasteiger partial charge on any atom is 0.330 e. The topological polar surface area (TPSA) is 143 Å². The second-order valence-electron chi connectivity index (χ2n) is 11.5. The smallest absolute Gasteiger partial charge is 0.330 e. The van der Waals surface area contributed by atoms with Crippen LogP contribution >= 0.6 is 0 Å². The Labute approximate surface area is 271 Å². The van der Waals surface area contributed by atoms with E-state index < -0.39 is 53.7 Å². The monoisotopic (exact) mass is 640 g/mol. The van der Waals surface area contributed by atoms with Crippen molar-refractivity contribution in [3.05, 3.63) is 140 Å². The predicted molar refractivity (Wildman–Crippen MR) is 170 cm³/mol. The molecule has 11 nitrogen and oxygen atoms in total. The molecule has 47 heavy (non-hydrogen) atoms. The summed E-state index contributed by atoms with van der Waals surface area (Å²) in [6, 6.07) is 26.8. The Balaban J connectivity index is 1.47. The van der Waals surface area contributed by atoms with E-state index in [1.165, 1.54) is 6.20 Å². The summed E-state index contributed by atoms with van der Waals surface area (Å²) in [5, 5.41) is 0. The first-order valence-corrected chi connectivity index (χ1v) is 15.3. The molecule has 0 spiro atoms. The van der Waals surface area contributed by atoms with E-state index in [1.807, 2.05) is 18.2 Å². The third-order valence-electron chi connectivity index (χ3n) is 7.69. The Morgan fingerprint density at radius 2 is 1.19 bits per heavy atom. The highest BCUT2D eigenvalue weighted by Gasteiger charge is 2.51. The van der Waals surface area contributed by atoms with Gasteiger partial charge in [0, 0.05) is 11.8 Å². The van der Waals surface area contributed by atoms with Crippen molar-refractivity contribution in [3.63, 3.8) is 0 Å². The maximum atomic E-state index is 13.3. The molecule has 0 bridgehead atoms. The largest absolute Gasteiger partial charge is 0.463 e. The van der Waals surface area contributed by atoms with Gasteiger partial charge in [-0.25, -0.2) is 4.79 Å². The van der Waals surface area contributed by atoms with Gasteiger partial charge in [0.2, 0.25) is 0 Å². The summed E-state index contributed by atoms with van der Waals surface area (Å²) in [6.07, 6.45) is -3.94. The van der Waals surface area contributed by atoms with Crippen molar-refractivity contribution >= 4 is 17.9 Å². The zero-order chi connectivity index (χ0) is 33.3. The SMILES string of the molecule is CC(C)c1cn([C@@H]2O[C@H](COC(=O)Cc3ccccc3)[C@@H](OC(=O)Cc3ccccc3)[C@H]2OC(=O)Cc2ccccc2)c(=O)[nH]c1=O. The van der Waals surface area contributed by atoms with Crippen molar-refractivity contribution in [2.75, 3.05) is 6.61 Å². The maximum absolute atomic E-state index is 13.3. The highest BCUT2D eigenvalue weighted by Crippen LogP contribution is 2.34. The van der Waals surface area contributed by atoms with Crippen LogP contribution in [0, 0.1) is 0 Å². The molecule has 3 aromatic carbocycles. The number of nitrogens with zero attached hydrogens (tertiary/aromatic N) is 1. The number of rotatable bonds is 12. The van der Waals surface area contributed by atoms with Crippen LogP contribution in [-0.4, -0.2) is 52.4 Å². The van der Waals surface area contributed by atoms with E-state index >= 15 is 0 Å². The average Bonchev–Trinajstić information content (AvgIpc) is 3.36. The van der Waals surface area contributed by atoms with Gasteiger partial charge in [-0.05, 0) is 22.6 Å². The summed E-state index contributed by atoms with van der Waals surface area (Å²) in [4.78, 5) is 67.4. The van der Waals surface area contributed by atoms with Gasteiger partial charge in [0.1, 0.15) is 12.7 Å². The van der Waals surface area contributed by atoms with Gasteiger partial charge < -0.3 is 18.9 Å². The van der Waals surface area contributed by atoms with E-state index in [0.717, 1.165) is 10.1 Å². The standard InChI is InChI=1S/C36H36N2O9/c1-23(2)27-21-38(36(43)37-34(27)42)35-33(47-31(41)20-26-16-10-5-11-17-26)32(46-30(40)19-25-14-8-4-9-15-25)28(45-35)22-44-29(39)18-24-12-6-3-7-13-24/h3-17,21,23,28,32-33,35H,18-20,22H2,1-2H3,(H,37,42,43)/t28-,32-,33-,35-/m1/s1. The zero-order valence-electron chi connectivity index (χ0n) is 26.1. The molecule has 4 atom stereocenters. The number of ether oxygens (including phenoxy) is 4. The van der Waals surface area contributed by atoms with Crippen LogP contribution < -0.4 is 11.2 Å². The van der Waals surface area contributed by atoms with Crippen LogP contribution in [0.3, 0.4) is 0 Å². The molecule has 1 aliphatic rings. The van der Waals surface area contributed by atoms with Gasteiger partial charge in [-0.15, -0.1) is 0 Å². The molecule has 1 N–H and O–H groups in total. The number of aromatic amines is 1. The lowest BCUT2D eigenvalue weighted by molar-refractivity contribution is -0.168. The van der Waals surface area contributed by atoms with Crippen LogP contribution in [-0.2, 0) is 52.6 Å². The third-order valence-corrected chi connectivity index (χ3v) is 7.69. The van der Waals surface area contributed by atoms with Crippen molar-refractivity contribution in [3.8, 4) is 0 Å². The number of H-pyrrole nitrogens is 1. The first-order valence-electron chi connectivity index (χ1n) is 15.3. The van der Waals surface area contributed by atoms with Crippen LogP contribution in [0.2, 0.25) is 0 Å². The highest BCUT2D eigenvalue weighted by molar-refractivity contribution is 5.74. The molecular weight excluding hydrogens is 604 g/mol. The fourth-order valence-corrected chi connectivity index (χ4v) is 5.34. The summed E-state index contributed by atoms with van der Waals surface area (Å²) >= 11 is 0. The second kappa shape index (κ2) is 15.3. The van der Waals surface area contributed by atoms with E-state index in [0.29, 0.717) is 11.1 Å². The molecule has 0 saturated carbocycles. The Morgan fingerprint density at radius 3 is 1.68 bits per heavy atom. The van der Waals surface area contributed by atoms with Gasteiger partial charge in [-0.2, -0.15) is 0 Å². The molecule has 5 rings (SSSR count). The van der Waals surface area contributed by atoms with Crippen LogP contribution in [0.15, 0.2) is 107 Å². The molecule has 0 amide bonds. The quantitative estimate of drug-likeness (QED) is 0.181. The summed E-state index contributed by atoms with van der Waals surface area (Å²) in [5.41, 5.74) is 1.02. The summed E-state index contributed by atoms with van der Waals surface area (Å²) < 4.78 is 24.8. The Hall–Kier alpha value is -5.29. The fourth-order valence-electron chi connectivity index (χ4n) is 5.34. The minimum absolute atomic E-state index is 0.0118. The summed E-state index contributed by atoms with van der Waals surface area (Å²) in [5.74, 6) is -2.13. The molecule has 0 aliphatic carbocycles. The zero-order valence-corrected chi connectivity index (χ0v) is 26.1. The first kappa shape index (κ1) is 33.1. The lowest BCUT2D eigenvalue weighted by atomic mass is 10.1. The van der Waals surface area contributed by atoms with Gasteiger partial charge in [0.05, 0.1) is 19.3 Å². The molecule has 1 fully saturated rings. The van der Waals surface area contributed by atoms with Gasteiger partial charge in [0.25, 0.3) is 5.56 Å². The molecule has 2 heterocycles. The summed E-state index contributed by atoms with van der Waals surface area (Å²) in [6.45, 7) is 3.21. The van der Waals surface area contributed by atoms with Crippen LogP contribution in [0.5, 0.6) is 0 Å². The van der Waals surface area contributed by atoms with Crippen molar-refractivity contribution in [1.82, 2.24) is 9.55 Å². The minimum Gasteiger partial charge on any atom is -0.463 e. The van der Waals surface area contributed by atoms with Crippen LogP contribution in [0.1, 0.15) is 48.2 Å². The van der Waals surface area contributed by atoms with Gasteiger partial charge in [-0.1, -0.05) is 105 Å². The number of hydrogen-bond donors (Lipinski definition) is 1. The van der Waals surface area contributed by atoms with Crippen LogP contribution in [0.25, 0.3) is 0 Å². The van der Waals surface area contributed by atoms with E-state index in [1.54, 1.807) is 86.6 Å². The molecule has 1 saturated heterocycles. The second-order valence-corrected chi connectivity index (χ2v) is 11.5. The molecule has 244 valence electrons. The van der Waals surface area contributed by atoms with Crippen molar-refractivity contribution in [2.45, 2.75) is 63.6 Å². The number of hydrogen-bond acceptors (Lipinski definition) is 9. The molecule has 11 heteroatoms. The molecule has 1 aliphatic heterocycles. The lowest BCUT2D eigenvalue weighted by Gasteiger charge is -2.25. The van der Waals surface area contributed by atoms with Crippen molar-refractivity contribution < 1.29 is 33.3 Å². The molecule has 1 aromatic heterocycles. The van der Waals surface area contributed by atoms with Crippen molar-refractivity contribution in [2.24, 2.45) is 0 Å². The first-order chi connectivity index (χ1) is 22.7. The van der Waals surface area contributed by atoms with E-state index in [2.05, 4.69) is 4.98 Å². The van der Waals surface area contributed by atoms with Gasteiger partial charge in [0.15, 0.2) is 18.4 Å². The van der Waals surface area contributed by atoms with E-state index in [4.69, 9.17) is 18.9 Å². The fraction of sp³-hybridized carbons (Fsp3) is 0.306. The average molecular weight is 641 g/mol. The highest BCUT2D eigenvalue weighted by atomic mass is 16.7. The molecule has 0 radical (unpaired) electrons. The van der Waals surface area contributed by atoms with Gasteiger partial charge in [-0.3, -0.25) is 28.7 Å². The predicted octanol–water partition coefficient (Wildman–Crippen LogP) is 3.65. The lowest BCUT2D eigenvalue weighted by Crippen LogP contribution is -2.43. The normalized spacial score (nSPS) is 18.9. The third kappa shape index (κ3) is 8.71.